The summed E-state index contributed by atoms with van der Waals surface area (Å²) < 4.78 is 64.4. The molecule has 2 heterocycles. The number of carbonyl (C=O) groups excluding carboxylic acids is 1. The van der Waals surface area contributed by atoms with Crippen LogP contribution in [0.25, 0.3) is 16.9 Å². The van der Waals surface area contributed by atoms with Crippen LogP contribution in [0.3, 0.4) is 0 Å². The molecule has 0 radical (unpaired) electrons. The van der Waals surface area contributed by atoms with Gasteiger partial charge in [-0.05, 0) is 12.1 Å². The van der Waals surface area contributed by atoms with Crippen LogP contribution in [0.2, 0.25) is 5.02 Å². The number of ether oxygens (including phenoxy) is 4. The van der Waals surface area contributed by atoms with Gasteiger partial charge in [-0.3, -0.25) is 14.6 Å². The van der Waals surface area contributed by atoms with Gasteiger partial charge >= 0.3 is 11.7 Å². The number of hydrogen-bond donors (Lipinski definition) is 3. The lowest BCUT2D eigenvalue weighted by atomic mass is 10.2. The number of nitrogens with one attached hydrogen (secondary N) is 2. The van der Waals surface area contributed by atoms with E-state index in [0.717, 1.165) is 16.7 Å². The number of halogens is 4. The molecule has 13 nitrogen and oxygen atoms in total. The minimum absolute atomic E-state index is 0.0280. The highest BCUT2D eigenvalue weighted by molar-refractivity contribution is 6.32. The van der Waals surface area contributed by atoms with Crippen LogP contribution in [0.4, 0.5) is 13.2 Å². The summed E-state index contributed by atoms with van der Waals surface area (Å²) in [6, 6.07) is 4.41. The summed E-state index contributed by atoms with van der Waals surface area (Å²) in [6.45, 7) is -3.04. The zero-order chi connectivity index (χ0) is 30.6. The molecule has 1 amide bonds. The highest BCUT2D eigenvalue weighted by Gasteiger charge is 2.23. The maximum atomic E-state index is 14.6. The number of amides is 1. The van der Waals surface area contributed by atoms with Crippen molar-refractivity contribution in [3.05, 3.63) is 62.8 Å². The Morgan fingerprint density at radius 1 is 1.10 bits per heavy atom. The minimum atomic E-state index is -1.29. The lowest BCUT2D eigenvalue weighted by Crippen LogP contribution is -2.33. The van der Waals surface area contributed by atoms with Crippen LogP contribution in [-0.4, -0.2) is 63.9 Å². The topological polar surface area (TPSA) is 167 Å². The summed E-state index contributed by atoms with van der Waals surface area (Å²) >= 11 is 6.48. The average molecular weight is 612 g/mol. The van der Waals surface area contributed by atoms with Crippen molar-refractivity contribution in [2.24, 2.45) is 0 Å². The highest BCUT2D eigenvalue weighted by atomic mass is 35.5. The van der Waals surface area contributed by atoms with E-state index in [0.29, 0.717) is 0 Å². The first-order valence-electron chi connectivity index (χ1n) is 11.8. The van der Waals surface area contributed by atoms with Gasteiger partial charge in [-0.1, -0.05) is 11.6 Å². The molecule has 0 fully saturated rings. The Labute approximate surface area is 238 Å². The molecule has 2 aromatic carbocycles. The maximum absolute atomic E-state index is 14.6. The molecule has 42 heavy (non-hydrogen) atoms. The summed E-state index contributed by atoms with van der Waals surface area (Å²) in [5.74, 6) is -5.33. The van der Waals surface area contributed by atoms with Gasteiger partial charge in [-0.15, -0.1) is 0 Å². The van der Waals surface area contributed by atoms with Gasteiger partial charge in [0.1, 0.15) is 31.1 Å². The molecule has 222 valence electrons. The molecule has 0 atom stereocenters. The molecule has 0 unspecified atom stereocenters. The summed E-state index contributed by atoms with van der Waals surface area (Å²) in [5.41, 5.74) is -1.22. The number of aromatic nitrogens is 4. The molecule has 0 aliphatic heterocycles. The quantitative estimate of drug-likeness (QED) is 0.217. The Bertz CT molecular complexity index is 1730. The number of aromatic amines is 1. The largest absolute Gasteiger partial charge is 0.496 e. The summed E-state index contributed by atoms with van der Waals surface area (Å²) in [7, 11) is 2.50. The molecule has 4 aromatic rings. The smallest absolute Gasteiger partial charge is 0.332 e. The SMILES string of the molecule is COc1ccc(F)c(F)c1COc1cc(-n2c(=O)[nH]c3c(OC)nc(CF)nc32)c(Cl)cc1OCC(=O)NCC(=O)O. The molecule has 17 heteroatoms. The Morgan fingerprint density at radius 2 is 1.83 bits per heavy atom. The molecule has 0 aliphatic rings. The van der Waals surface area contributed by atoms with Crippen LogP contribution in [0.1, 0.15) is 11.4 Å². The fourth-order valence-electron chi connectivity index (χ4n) is 3.77. The van der Waals surface area contributed by atoms with E-state index < -0.39 is 55.6 Å². The normalized spacial score (nSPS) is 10.9. The average Bonchev–Trinajstić information content (AvgIpc) is 3.30. The number of fused-ring (bicyclic) bond motifs is 1. The monoisotopic (exact) mass is 611 g/mol. The fraction of sp³-hybridized carbons (Fsp3) is 0.240. The van der Waals surface area contributed by atoms with Crippen LogP contribution < -0.4 is 30.0 Å². The molecule has 0 saturated carbocycles. The highest BCUT2D eigenvalue weighted by Crippen LogP contribution is 2.37. The van der Waals surface area contributed by atoms with Crippen molar-refractivity contribution in [1.82, 2.24) is 24.8 Å². The third-order valence-corrected chi connectivity index (χ3v) is 5.96. The summed E-state index contributed by atoms with van der Waals surface area (Å²) in [5, 5.41) is 10.7. The number of hydrogen-bond acceptors (Lipinski definition) is 9. The lowest BCUT2D eigenvalue weighted by molar-refractivity contribution is -0.138. The third-order valence-electron chi connectivity index (χ3n) is 5.66. The molecule has 3 N–H and O–H groups in total. The van der Waals surface area contributed by atoms with Crippen molar-refractivity contribution >= 4 is 34.6 Å². The Kier molecular flexibility index (Phi) is 9.05. The van der Waals surface area contributed by atoms with Crippen molar-refractivity contribution in [3.8, 4) is 28.8 Å². The minimum Gasteiger partial charge on any atom is -0.496 e. The molecular formula is C25H21ClF3N5O8. The predicted molar refractivity (Wildman–Crippen MR) is 139 cm³/mol. The van der Waals surface area contributed by atoms with Crippen molar-refractivity contribution in [1.29, 1.82) is 0 Å². The molecule has 2 aromatic heterocycles. The van der Waals surface area contributed by atoms with Gasteiger partial charge in [0.05, 0.1) is 30.5 Å². The van der Waals surface area contributed by atoms with E-state index >= 15 is 0 Å². The van der Waals surface area contributed by atoms with Gasteiger partial charge in [-0.25, -0.2) is 27.5 Å². The standard InChI is InChI=1S/C25H21ClF3N5O8/c1-39-15-4-3-13(28)21(29)11(15)9-41-17-6-14(12(26)5-16(17)42-10-19(35)30-8-20(36)37)34-23-22(33-25(34)38)24(40-2)32-18(7-27)31-23/h3-6H,7-10H2,1-2H3,(H,30,35)(H,33,38)(H,36,37). The van der Waals surface area contributed by atoms with Crippen LogP contribution in [0, 0.1) is 11.6 Å². The van der Waals surface area contributed by atoms with Gasteiger partial charge in [0.2, 0.25) is 5.88 Å². The van der Waals surface area contributed by atoms with Gasteiger partial charge < -0.3 is 29.4 Å². The van der Waals surface area contributed by atoms with Crippen molar-refractivity contribution in [3.63, 3.8) is 0 Å². The Hall–Kier alpha value is -4.99. The number of rotatable bonds is 12. The second-order valence-electron chi connectivity index (χ2n) is 8.29. The zero-order valence-electron chi connectivity index (χ0n) is 21.8. The van der Waals surface area contributed by atoms with E-state index in [1.807, 2.05) is 0 Å². The molecule has 0 aliphatic carbocycles. The number of carboxylic acids is 1. The van der Waals surface area contributed by atoms with E-state index in [1.54, 1.807) is 0 Å². The molecule has 0 bridgehead atoms. The Balaban J connectivity index is 1.81. The number of imidazole rings is 1. The number of H-pyrrole nitrogens is 1. The first-order chi connectivity index (χ1) is 20.1. The first kappa shape index (κ1) is 30.0. The third kappa shape index (κ3) is 6.17. The van der Waals surface area contributed by atoms with Crippen LogP contribution in [0.5, 0.6) is 23.1 Å². The van der Waals surface area contributed by atoms with Crippen LogP contribution >= 0.6 is 11.6 Å². The van der Waals surface area contributed by atoms with Crippen molar-refractivity contribution < 1.29 is 46.8 Å². The van der Waals surface area contributed by atoms with Crippen molar-refractivity contribution in [2.45, 2.75) is 13.3 Å². The van der Waals surface area contributed by atoms with E-state index in [1.165, 1.54) is 26.4 Å². The second-order valence-corrected chi connectivity index (χ2v) is 8.69. The van der Waals surface area contributed by atoms with E-state index in [4.69, 9.17) is 35.7 Å². The molecule has 4 rings (SSSR count). The number of benzene rings is 2. The van der Waals surface area contributed by atoms with E-state index in [9.17, 15) is 27.6 Å². The molecular weight excluding hydrogens is 591 g/mol. The lowest BCUT2D eigenvalue weighted by Gasteiger charge is -2.17. The van der Waals surface area contributed by atoms with Crippen LogP contribution in [0.15, 0.2) is 29.1 Å². The summed E-state index contributed by atoms with van der Waals surface area (Å²) in [4.78, 5) is 46.2. The van der Waals surface area contributed by atoms with Gasteiger partial charge in [0.15, 0.2) is 41.2 Å². The number of alkyl halides is 1. The zero-order valence-corrected chi connectivity index (χ0v) is 22.6. The van der Waals surface area contributed by atoms with E-state index in [-0.39, 0.29) is 56.4 Å². The fourth-order valence-corrected chi connectivity index (χ4v) is 4.01. The predicted octanol–water partition coefficient (Wildman–Crippen LogP) is 2.69. The van der Waals surface area contributed by atoms with Gasteiger partial charge in [0, 0.05) is 12.1 Å². The van der Waals surface area contributed by atoms with Gasteiger partial charge in [0.25, 0.3) is 5.91 Å². The Morgan fingerprint density at radius 3 is 2.50 bits per heavy atom. The van der Waals surface area contributed by atoms with Crippen LogP contribution in [-0.2, 0) is 22.9 Å². The number of carbonyl (C=O) groups is 2. The molecule has 0 saturated heterocycles. The van der Waals surface area contributed by atoms with Gasteiger partial charge in [-0.2, -0.15) is 4.98 Å². The second kappa shape index (κ2) is 12.7. The molecule has 0 spiro atoms. The van der Waals surface area contributed by atoms with E-state index in [2.05, 4.69) is 20.3 Å². The maximum Gasteiger partial charge on any atom is 0.332 e. The number of carboxylic acid groups (broad SMARTS) is 1. The summed E-state index contributed by atoms with van der Waals surface area (Å²) in [6.07, 6.45) is 0. The van der Waals surface area contributed by atoms with Crippen molar-refractivity contribution in [2.75, 3.05) is 27.4 Å². The number of nitrogens with zero attached hydrogens (tertiary/aromatic N) is 3. The number of aliphatic carboxylic acids is 1. The first-order valence-corrected chi connectivity index (χ1v) is 12.2. The number of methoxy groups -OCH3 is 2.